The molecule has 0 aliphatic heterocycles. The number of nitrogens with zero attached hydrogens (tertiary/aromatic N) is 4. The third-order valence-corrected chi connectivity index (χ3v) is 9.48. The Kier molecular flexibility index (Phi) is 10.4. The van der Waals surface area contributed by atoms with E-state index in [9.17, 15) is 0 Å². The molecule has 42 heavy (non-hydrogen) atoms. The van der Waals surface area contributed by atoms with Crippen LogP contribution in [0, 0.1) is 0 Å². The van der Waals surface area contributed by atoms with Crippen LogP contribution in [0.2, 0.25) is 0 Å². The van der Waals surface area contributed by atoms with Gasteiger partial charge in [-0.15, -0.1) is 0 Å². The van der Waals surface area contributed by atoms with Crippen LogP contribution in [-0.2, 0) is 20.6 Å². The van der Waals surface area contributed by atoms with E-state index in [1.54, 1.807) is 0 Å². The van der Waals surface area contributed by atoms with Crippen molar-refractivity contribution in [3.8, 4) is 0 Å². The topological polar surface area (TPSA) is 26.1 Å². The van der Waals surface area contributed by atoms with Gasteiger partial charge < -0.3 is 9.13 Å². The minimum absolute atomic E-state index is 0.802. The number of para-hydroxylation sites is 2. The lowest BCUT2D eigenvalue weighted by Crippen LogP contribution is -2.33. The lowest BCUT2D eigenvalue weighted by molar-refractivity contribution is -0.692. The molecule has 0 saturated carbocycles. The molecule has 5 rings (SSSR count). The number of rotatable bonds is 13. The van der Waals surface area contributed by atoms with Crippen molar-refractivity contribution in [3.05, 3.63) is 133 Å². The van der Waals surface area contributed by atoms with Gasteiger partial charge in [0.2, 0.25) is 0 Å². The standard InChI is InChI=1S/C36H37N4S2/c1-4-29(13-15-31-27-38(2)35-11-7-5-9-33(31)35)17-20-37-21-25-41-42-26-24-40-22-18-30(19-23-40)14-16-32-28-39(3)36-12-8-6-10-34(32)36/h4-20,22-23,27-28H,1,21,24-26H2,2-3H3/q+1/b15-13+,29-17+,37-20?. The van der Waals surface area contributed by atoms with Gasteiger partial charge in [-0.1, -0.05) is 94.9 Å². The maximum atomic E-state index is 4.56. The van der Waals surface area contributed by atoms with Crippen LogP contribution in [0.25, 0.3) is 40.0 Å². The van der Waals surface area contributed by atoms with Gasteiger partial charge in [0.05, 0.1) is 5.75 Å². The van der Waals surface area contributed by atoms with Crippen LogP contribution in [0.3, 0.4) is 0 Å². The van der Waals surface area contributed by atoms with Crippen molar-refractivity contribution in [2.45, 2.75) is 6.54 Å². The Labute approximate surface area is 256 Å². The molecule has 0 radical (unpaired) electrons. The summed E-state index contributed by atoms with van der Waals surface area (Å²) < 4.78 is 6.58. The van der Waals surface area contributed by atoms with Crippen LogP contribution in [0.15, 0.2) is 121 Å². The summed E-state index contributed by atoms with van der Waals surface area (Å²) in [5.41, 5.74) is 7.18. The molecule has 4 nitrogen and oxygen atoms in total. The first-order valence-corrected chi connectivity index (χ1v) is 16.6. The molecule has 0 atom stereocenters. The number of pyridine rings is 1. The van der Waals surface area contributed by atoms with E-state index in [-0.39, 0.29) is 0 Å². The highest BCUT2D eigenvalue weighted by atomic mass is 33.1. The monoisotopic (exact) mass is 589 g/mol. The zero-order valence-corrected chi connectivity index (χ0v) is 25.9. The summed E-state index contributed by atoms with van der Waals surface area (Å²) in [6.07, 6.45) is 23.1. The molecule has 5 aromatic rings. The zero-order valence-electron chi connectivity index (χ0n) is 24.3. The zero-order chi connectivity index (χ0) is 29.1. The van der Waals surface area contributed by atoms with Crippen molar-refractivity contribution in [3.63, 3.8) is 0 Å². The molecule has 2 aromatic carbocycles. The largest absolute Gasteiger partial charge is 0.350 e. The van der Waals surface area contributed by atoms with Gasteiger partial charge in [-0.25, -0.2) is 4.57 Å². The van der Waals surface area contributed by atoms with Crippen molar-refractivity contribution in [1.29, 1.82) is 0 Å². The Hall–Kier alpha value is -4.00. The van der Waals surface area contributed by atoms with E-state index in [0.29, 0.717) is 0 Å². The molecule has 0 N–H and O–H groups in total. The van der Waals surface area contributed by atoms with E-state index >= 15 is 0 Å². The molecule has 0 spiro atoms. The van der Waals surface area contributed by atoms with E-state index in [1.807, 2.05) is 40.0 Å². The van der Waals surface area contributed by atoms with Crippen LogP contribution < -0.4 is 4.57 Å². The smallest absolute Gasteiger partial charge is 0.169 e. The minimum Gasteiger partial charge on any atom is -0.350 e. The summed E-state index contributed by atoms with van der Waals surface area (Å²) >= 11 is 0. The van der Waals surface area contributed by atoms with Gasteiger partial charge in [-0.2, -0.15) is 0 Å². The number of aromatic nitrogens is 3. The lowest BCUT2D eigenvalue weighted by Gasteiger charge is -1.99. The molecule has 0 amide bonds. The average molecular weight is 590 g/mol. The van der Waals surface area contributed by atoms with Crippen LogP contribution in [0.5, 0.6) is 0 Å². The maximum absolute atomic E-state index is 4.56. The molecule has 0 unspecified atom stereocenters. The van der Waals surface area contributed by atoms with E-state index in [2.05, 4.69) is 149 Å². The second-order valence-corrected chi connectivity index (χ2v) is 12.7. The number of fused-ring (bicyclic) bond motifs is 2. The molecule has 6 heteroatoms. The number of hydrogen-bond donors (Lipinski definition) is 0. The fourth-order valence-corrected chi connectivity index (χ4v) is 6.72. The normalized spacial score (nSPS) is 12.6. The van der Waals surface area contributed by atoms with Gasteiger partial charge in [0.15, 0.2) is 18.9 Å². The first kappa shape index (κ1) is 29.5. The predicted octanol–water partition coefficient (Wildman–Crippen LogP) is 8.41. The van der Waals surface area contributed by atoms with Gasteiger partial charge in [-0.3, -0.25) is 4.99 Å². The number of aryl methyl sites for hydroxylation is 3. The summed E-state index contributed by atoms with van der Waals surface area (Å²) in [7, 11) is 7.96. The number of hydrogen-bond acceptors (Lipinski definition) is 3. The summed E-state index contributed by atoms with van der Waals surface area (Å²) in [4.78, 5) is 4.56. The van der Waals surface area contributed by atoms with Crippen molar-refractivity contribution in [1.82, 2.24) is 9.13 Å². The molecule has 212 valence electrons. The second-order valence-electron chi connectivity index (χ2n) is 10.0. The Morgan fingerprint density at radius 2 is 1.43 bits per heavy atom. The van der Waals surface area contributed by atoms with E-state index in [4.69, 9.17) is 0 Å². The Balaban J connectivity index is 1.00. The van der Waals surface area contributed by atoms with Gasteiger partial charge in [0.25, 0.3) is 0 Å². The number of aliphatic imine (C=N–C) groups is 1. The summed E-state index contributed by atoms with van der Waals surface area (Å²) in [6.45, 7) is 5.74. The van der Waals surface area contributed by atoms with Crippen LogP contribution >= 0.6 is 21.6 Å². The highest BCUT2D eigenvalue weighted by Crippen LogP contribution is 2.23. The summed E-state index contributed by atoms with van der Waals surface area (Å²) in [6, 6.07) is 21.3. The molecule has 0 fully saturated rings. The SMILES string of the molecule is C=CC(/C=C/c1cn(C)c2ccccc12)=C\C=NCCSSCC[n+]1ccc(/C=C/c2cn(C)c3ccccc23)cc1. The van der Waals surface area contributed by atoms with Gasteiger partial charge >= 0.3 is 0 Å². The Morgan fingerprint density at radius 3 is 2.10 bits per heavy atom. The highest BCUT2D eigenvalue weighted by molar-refractivity contribution is 8.76. The van der Waals surface area contributed by atoms with Crippen molar-refractivity contribution in [2.75, 3.05) is 18.1 Å². The van der Waals surface area contributed by atoms with Crippen LogP contribution in [0.4, 0.5) is 0 Å². The van der Waals surface area contributed by atoms with Crippen LogP contribution in [0.1, 0.15) is 16.7 Å². The third kappa shape index (κ3) is 7.64. The van der Waals surface area contributed by atoms with E-state index < -0.39 is 0 Å². The van der Waals surface area contributed by atoms with Gasteiger partial charge in [-0.05, 0) is 40.5 Å². The van der Waals surface area contributed by atoms with Crippen molar-refractivity contribution < 1.29 is 4.57 Å². The molecule has 0 aliphatic rings. The number of allylic oxidation sites excluding steroid dienone is 4. The Bertz CT molecular complexity index is 1770. The first-order chi connectivity index (χ1) is 20.6. The summed E-state index contributed by atoms with van der Waals surface area (Å²) in [5, 5.41) is 2.54. The average Bonchev–Trinajstić information content (AvgIpc) is 3.53. The Morgan fingerprint density at radius 1 is 0.810 bits per heavy atom. The van der Waals surface area contributed by atoms with E-state index in [0.717, 1.165) is 30.2 Å². The number of benzene rings is 2. The quantitative estimate of drug-likeness (QED) is 0.0453. The van der Waals surface area contributed by atoms with Gasteiger partial charge in [0.1, 0.15) is 0 Å². The molecular formula is C36H37N4S2+. The predicted molar refractivity (Wildman–Crippen MR) is 187 cm³/mol. The molecule has 0 aliphatic carbocycles. The second kappa shape index (κ2) is 14.8. The van der Waals surface area contributed by atoms with Crippen molar-refractivity contribution >= 4 is 67.8 Å². The molecule has 3 aromatic heterocycles. The molecule has 0 bridgehead atoms. The maximum Gasteiger partial charge on any atom is 0.169 e. The van der Waals surface area contributed by atoms with E-state index in [1.165, 1.54) is 38.5 Å². The van der Waals surface area contributed by atoms with Gasteiger partial charge in [0, 0.05) is 78.9 Å². The molecule has 3 heterocycles. The molecule has 0 saturated heterocycles. The minimum atomic E-state index is 0.802. The lowest BCUT2D eigenvalue weighted by atomic mass is 10.1. The fraction of sp³-hybridized carbons (Fsp3) is 0.167. The molecular weight excluding hydrogens is 553 g/mol. The van der Waals surface area contributed by atoms with Crippen molar-refractivity contribution in [2.24, 2.45) is 19.1 Å². The first-order valence-electron chi connectivity index (χ1n) is 14.1. The van der Waals surface area contributed by atoms with Crippen LogP contribution in [-0.4, -0.2) is 33.4 Å². The fourth-order valence-electron chi connectivity index (χ4n) is 4.87. The summed E-state index contributed by atoms with van der Waals surface area (Å²) in [5.74, 6) is 2.05. The highest BCUT2D eigenvalue weighted by Gasteiger charge is 2.04. The third-order valence-electron chi connectivity index (χ3n) is 7.11.